The molecule has 1 saturated heterocycles. The summed E-state index contributed by atoms with van der Waals surface area (Å²) in [7, 11) is 0. The van der Waals surface area contributed by atoms with E-state index in [0.29, 0.717) is 25.2 Å². The van der Waals surface area contributed by atoms with Crippen LogP contribution < -0.4 is 15.8 Å². The maximum absolute atomic E-state index is 12.2. The number of anilines is 1. The van der Waals surface area contributed by atoms with Gasteiger partial charge in [-0.2, -0.15) is 5.10 Å². The van der Waals surface area contributed by atoms with E-state index in [1.807, 2.05) is 17.0 Å². The first kappa shape index (κ1) is 16.9. The highest BCUT2D eigenvalue weighted by molar-refractivity contribution is 6.33. The van der Waals surface area contributed by atoms with Crippen molar-refractivity contribution in [2.45, 2.75) is 31.4 Å². The number of carbonyl (C=O) groups is 1. The number of benzene rings is 1. The summed E-state index contributed by atoms with van der Waals surface area (Å²) < 4.78 is 5.55. The summed E-state index contributed by atoms with van der Waals surface area (Å²) in [5, 5.41) is 9.14. The number of nitrogens with zero attached hydrogens (tertiary/aromatic N) is 2. The number of amides is 1. The zero-order valence-corrected chi connectivity index (χ0v) is 14.8. The second kappa shape index (κ2) is 6.99. The summed E-state index contributed by atoms with van der Waals surface area (Å²) in [6.45, 7) is 1.14. The van der Waals surface area contributed by atoms with Crippen molar-refractivity contribution in [1.29, 1.82) is 0 Å². The zero-order chi connectivity index (χ0) is 18.1. The number of fused-ring (bicyclic) bond motifs is 1. The standard InChI is InChI=1S/C18H19ClN4O3/c19-16-15(9-20-22-17(16)24)23-6-5-14(10-23)26-18(25)21-13-7-11-3-1-2-4-12(11)8-13/h1-4,9,13-14H,5-8,10H2,(H,21,25)(H,22,24)/t14-/m1/s1. The van der Waals surface area contributed by atoms with E-state index in [4.69, 9.17) is 16.3 Å². The van der Waals surface area contributed by atoms with Crippen molar-refractivity contribution in [3.63, 3.8) is 0 Å². The van der Waals surface area contributed by atoms with Crippen LogP contribution in [0.3, 0.4) is 0 Å². The van der Waals surface area contributed by atoms with Gasteiger partial charge in [0.05, 0.1) is 18.4 Å². The largest absolute Gasteiger partial charge is 0.444 e. The maximum Gasteiger partial charge on any atom is 0.407 e. The van der Waals surface area contributed by atoms with E-state index in [2.05, 4.69) is 27.6 Å². The van der Waals surface area contributed by atoms with Crippen molar-refractivity contribution >= 4 is 23.4 Å². The molecule has 7 nitrogen and oxygen atoms in total. The lowest BCUT2D eigenvalue weighted by atomic mass is 10.1. The molecule has 2 N–H and O–H groups in total. The Morgan fingerprint density at radius 3 is 2.77 bits per heavy atom. The molecule has 2 aliphatic rings. The molecule has 1 aromatic heterocycles. The number of nitrogens with one attached hydrogen (secondary N) is 2. The average molecular weight is 375 g/mol. The van der Waals surface area contributed by atoms with Gasteiger partial charge in [-0.15, -0.1) is 0 Å². The van der Waals surface area contributed by atoms with E-state index in [1.165, 1.54) is 17.3 Å². The highest BCUT2D eigenvalue weighted by Gasteiger charge is 2.29. The van der Waals surface area contributed by atoms with Crippen LogP contribution in [0.4, 0.5) is 10.5 Å². The minimum absolute atomic E-state index is 0.0729. The Balaban J connectivity index is 1.31. The number of rotatable bonds is 3. The van der Waals surface area contributed by atoms with Crippen LogP contribution in [-0.4, -0.2) is 41.5 Å². The van der Waals surface area contributed by atoms with Crippen molar-refractivity contribution in [3.8, 4) is 0 Å². The Kier molecular flexibility index (Phi) is 4.55. The molecule has 0 radical (unpaired) electrons. The van der Waals surface area contributed by atoms with E-state index in [-0.39, 0.29) is 17.2 Å². The highest BCUT2D eigenvalue weighted by Crippen LogP contribution is 2.26. The van der Waals surface area contributed by atoms with Crippen molar-refractivity contribution in [3.05, 3.63) is 57.0 Å². The SMILES string of the molecule is O=C(NC1Cc2ccccc2C1)O[C@@H]1CCN(c2cn[nH]c(=O)c2Cl)C1. The van der Waals surface area contributed by atoms with Gasteiger partial charge in [0.1, 0.15) is 11.1 Å². The summed E-state index contributed by atoms with van der Waals surface area (Å²) in [5.74, 6) is 0. The fraction of sp³-hybridized carbons (Fsp3) is 0.389. The third kappa shape index (κ3) is 3.39. The van der Waals surface area contributed by atoms with E-state index in [0.717, 1.165) is 12.8 Å². The lowest BCUT2D eigenvalue weighted by Gasteiger charge is -2.19. The lowest BCUT2D eigenvalue weighted by molar-refractivity contribution is 0.105. The van der Waals surface area contributed by atoms with Gasteiger partial charge in [-0.3, -0.25) is 4.79 Å². The zero-order valence-electron chi connectivity index (χ0n) is 14.1. The Morgan fingerprint density at radius 2 is 2.04 bits per heavy atom. The fourth-order valence-electron chi connectivity index (χ4n) is 3.65. The molecule has 1 fully saturated rings. The third-order valence-corrected chi connectivity index (χ3v) is 5.27. The maximum atomic E-state index is 12.2. The molecule has 2 heterocycles. The number of halogens is 1. The van der Waals surface area contributed by atoms with Crippen LogP contribution in [0.1, 0.15) is 17.5 Å². The normalized spacial score (nSPS) is 19.4. The summed E-state index contributed by atoms with van der Waals surface area (Å²) in [6, 6.07) is 8.29. The predicted octanol–water partition coefficient (Wildman–Crippen LogP) is 1.90. The molecule has 1 aromatic carbocycles. The topological polar surface area (TPSA) is 87.3 Å². The summed E-state index contributed by atoms with van der Waals surface area (Å²) >= 11 is 6.04. The van der Waals surface area contributed by atoms with E-state index in [1.54, 1.807) is 0 Å². The Bertz CT molecular complexity index is 860. The first-order valence-corrected chi connectivity index (χ1v) is 9.00. The second-order valence-corrected chi connectivity index (χ2v) is 7.06. The number of carbonyl (C=O) groups excluding carboxylic acids is 1. The number of alkyl carbamates (subject to hydrolysis) is 1. The Labute approximate surface area is 155 Å². The summed E-state index contributed by atoms with van der Waals surface area (Å²) in [6.07, 6.45) is 3.22. The molecule has 1 aliphatic carbocycles. The molecule has 136 valence electrons. The molecular formula is C18H19ClN4O3. The molecule has 2 aromatic rings. The lowest BCUT2D eigenvalue weighted by Crippen LogP contribution is -2.38. The van der Waals surface area contributed by atoms with Gasteiger partial charge < -0.3 is 15.0 Å². The van der Waals surface area contributed by atoms with Crippen molar-refractivity contribution in [1.82, 2.24) is 15.5 Å². The van der Waals surface area contributed by atoms with Gasteiger partial charge in [-0.25, -0.2) is 9.89 Å². The number of ether oxygens (including phenoxy) is 1. The molecule has 0 bridgehead atoms. The average Bonchev–Trinajstić information content (AvgIpc) is 3.23. The van der Waals surface area contributed by atoms with E-state index < -0.39 is 11.7 Å². The van der Waals surface area contributed by atoms with Crippen LogP contribution in [0.15, 0.2) is 35.3 Å². The molecule has 0 unspecified atom stereocenters. The first-order valence-electron chi connectivity index (χ1n) is 8.62. The third-order valence-electron chi connectivity index (χ3n) is 4.91. The van der Waals surface area contributed by atoms with Crippen LogP contribution in [0.2, 0.25) is 5.02 Å². The molecule has 1 amide bonds. The van der Waals surface area contributed by atoms with Gasteiger partial charge in [-0.05, 0) is 24.0 Å². The van der Waals surface area contributed by atoms with Crippen molar-refractivity contribution in [2.75, 3.05) is 18.0 Å². The predicted molar refractivity (Wildman–Crippen MR) is 97.7 cm³/mol. The number of aromatic nitrogens is 2. The van der Waals surface area contributed by atoms with E-state index in [9.17, 15) is 9.59 Å². The van der Waals surface area contributed by atoms with Gasteiger partial charge in [-0.1, -0.05) is 35.9 Å². The quantitative estimate of drug-likeness (QED) is 0.856. The highest BCUT2D eigenvalue weighted by atomic mass is 35.5. The molecular weight excluding hydrogens is 356 g/mol. The monoisotopic (exact) mass is 374 g/mol. The number of hydrogen-bond donors (Lipinski definition) is 2. The number of H-pyrrole nitrogens is 1. The molecule has 4 rings (SSSR count). The molecule has 0 spiro atoms. The number of hydrogen-bond acceptors (Lipinski definition) is 5. The van der Waals surface area contributed by atoms with Crippen LogP contribution in [0, 0.1) is 0 Å². The Hall–Kier alpha value is -2.54. The molecule has 0 saturated carbocycles. The van der Waals surface area contributed by atoms with Gasteiger partial charge in [0.15, 0.2) is 0 Å². The summed E-state index contributed by atoms with van der Waals surface area (Å²) in [5.41, 5.74) is 2.70. The van der Waals surface area contributed by atoms with Gasteiger partial charge in [0, 0.05) is 19.0 Å². The van der Waals surface area contributed by atoms with Crippen LogP contribution >= 0.6 is 11.6 Å². The first-order chi connectivity index (χ1) is 12.6. The molecule has 8 heteroatoms. The molecule has 1 atom stereocenters. The van der Waals surface area contributed by atoms with E-state index >= 15 is 0 Å². The second-order valence-electron chi connectivity index (χ2n) is 6.68. The fourth-order valence-corrected chi connectivity index (χ4v) is 3.86. The van der Waals surface area contributed by atoms with Gasteiger partial charge >= 0.3 is 6.09 Å². The minimum atomic E-state index is -0.424. The van der Waals surface area contributed by atoms with Crippen LogP contribution in [0.5, 0.6) is 0 Å². The Morgan fingerprint density at radius 1 is 1.31 bits per heavy atom. The van der Waals surface area contributed by atoms with Crippen molar-refractivity contribution < 1.29 is 9.53 Å². The van der Waals surface area contributed by atoms with Crippen LogP contribution in [0.25, 0.3) is 0 Å². The minimum Gasteiger partial charge on any atom is -0.444 e. The molecule has 26 heavy (non-hydrogen) atoms. The smallest absolute Gasteiger partial charge is 0.407 e. The molecule has 1 aliphatic heterocycles. The van der Waals surface area contributed by atoms with Crippen molar-refractivity contribution in [2.24, 2.45) is 0 Å². The van der Waals surface area contributed by atoms with Gasteiger partial charge in [0.25, 0.3) is 5.56 Å². The number of aromatic amines is 1. The van der Waals surface area contributed by atoms with Crippen LogP contribution in [-0.2, 0) is 17.6 Å². The van der Waals surface area contributed by atoms with Gasteiger partial charge in [0.2, 0.25) is 0 Å². The summed E-state index contributed by atoms with van der Waals surface area (Å²) in [4.78, 5) is 25.7.